The van der Waals surface area contributed by atoms with Gasteiger partial charge in [-0.05, 0) is 36.8 Å². The number of rotatable bonds is 6. The van der Waals surface area contributed by atoms with Crippen molar-refractivity contribution >= 4 is 0 Å². The van der Waals surface area contributed by atoms with E-state index in [1.807, 2.05) is 6.92 Å². The minimum atomic E-state index is -4.39. The number of nitrogens with two attached hydrogens (primary N) is 1. The standard InChI is InChI=1S/C19H19F3N4O2/c1-3-28-15-10-12(6-9-14(15)27-2)16(23)18-24-17(25-26-18)11-4-7-13(8-5-11)19(20,21)22/h4-10,16H,3,23H2,1-2H3,(H,24,25,26)/t16-/m0/s1. The zero-order valence-electron chi connectivity index (χ0n) is 15.2. The molecule has 1 atom stereocenters. The predicted octanol–water partition coefficient (Wildman–Crippen LogP) is 3.95. The summed E-state index contributed by atoms with van der Waals surface area (Å²) in [6, 6.07) is 9.28. The van der Waals surface area contributed by atoms with E-state index in [1.165, 1.54) is 12.1 Å². The quantitative estimate of drug-likeness (QED) is 0.664. The first-order chi connectivity index (χ1) is 13.3. The highest BCUT2D eigenvalue weighted by atomic mass is 19.4. The number of halogens is 3. The van der Waals surface area contributed by atoms with Crippen molar-refractivity contribution in [1.82, 2.24) is 15.2 Å². The van der Waals surface area contributed by atoms with Crippen LogP contribution >= 0.6 is 0 Å². The van der Waals surface area contributed by atoms with Crippen molar-refractivity contribution < 1.29 is 22.6 Å². The third-order valence-corrected chi connectivity index (χ3v) is 4.11. The van der Waals surface area contributed by atoms with Crippen LogP contribution in [0.25, 0.3) is 11.4 Å². The molecule has 0 amide bonds. The molecule has 3 aromatic rings. The van der Waals surface area contributed by atoms with Crippen molar-refractivity contribution in [2.24, 2.45) is 5.73 Å². The summed E-state index contributed by atoms with van der Waals surface area (Å²) in [7, 11) is 1.55. The molecule has 0 saturated heterocycles. The Morgan fingerprint density at radius 2 is 1.82 bits per heavy atom. The molecular weight excluding hydrogens is 373 g/mol. The van der Waals surface area contributed by atoms with Crippen molar-refractivity contribution in [3.05, 3.63) is 59.4 Å². The SMILES string of the molecule is CCOc1cc([C@H](N)c2nc(-c3ccc(C(F)(F)F)cc3)n[nH]2)ccc1OC. The largest absolute Gasteiger partial charge is 0.493 e. The topological polar surface area (TPSA) is 86.0 Å². The van der Waals surface area contributed by atoms with Crippen LogP contribution in [0, 0.1) is 0 Å². The van der Waals surface area contributed by atoms with E-state index < -0.39 is 17.8 Å². The highest BCUT2D eigenvalue weighted by Gasteiger charge is 2.30. The summed E-state index contributed by atoms with van der Waals surface area (Å²) in [5, 5.41) is 6.81. The van der Waals surface area contributed by atoms with Crippen LogP contribution in [0.2, 0.25) is 0 Å². The van der Waals surface area contributed by atoms with Crippen molar-refractivity contribution in [2.75, 3.05) is 13.7 Å². The summed E-state index contributed by atoms with van der Waals surface area (Å²) in [6.07, 6.45) is -4.39. The van der Waals surface area contributed by atoms with Gasteiger partial charge in [-0.25, -0.2) is 4.98 Å². The Morgan fingerprint density at radius 1 is 1.11 bits per heavy atom. The first-order valence-electron chi connectivity index (χ1n) is 8.49. The maximum absolute atomic E-state index is 12.7. The number of nitrogens with one attached hydrogen (secondary N) is 1. The highest BCUT2D eigenvalue weighted by molar-refractivity contribution is 5.55. The van der Waals surface area contributed by atoms with Crippen LogP contribution in [0.3, 0.4) is 0 Å². The van der Waals surface area contributed by atoms with E-state index in [4.69, 9.17) is 15.2 Å². The molecule has 1 heterocycles. The Hall–Kier alpha value is -3.07. The first kappa shape index (κ1) is 19.7. The van der Waals surface area contributed by atoms with Crippen LogP contribution < -0.4 is 15.2 Å². The molecule has 0 bridgehead atoms. The molecular formula is C19H19F3N4O2. The lowest BCUT2D eigenvalue weighted by Crippen LogP contribution is -2.14. The van der Waals surface area contributed by atoms with Crippen molar-refractivity contribution in [3.8, 4) is 22.9 Å². The van der Waals surface area contributed by atoms with E-state index in [0.29, 0.717) is 29.5 Å². The van der Waals surface area contributed by atoms with Crippen molar-refractivity contribution in [3.63, 3.8) is 0 Å². The zero-order chi connectivity index (χ0) is 20.3. The molecule has 6 nitrogen and oxygen atoms in total. The van der Waals surface area contributed by atoms with E-state index in [9.17, 15) is 13.2 Å². The molecule has 0 saturated carbocycles. The Balaban J connectivity index is 1.84. The maximum Gasteiger partial charge on any atom is 0.416 e. The van der Waals surface area contributed by atoms with Gasteiger partial charge in [0.15, 0.2) is 17.3 Å². The van der Waals surface area contributed by atoms with Gasteiger partial charge in [-0.3, -0.25) is 5.10 Å². The Labute approximate surface area is 159 Å². The molecule has 148 valence electrons. The molecule has 0 aliphatic carbocycles. The molecule has 0 unspecified atom stereocenters. The van der Waals surface area contributed by atoms with Gasteiger partial charge in [0, 0.05) is 5.56 Å². The van der Waals surface area contributed by atoms with Gasteiger partial charge in [-0.15, -0.1) is 0 Å². The fourth-order valence-electron chi connectivity index (χ4n) is 2.66. The average molecular weight is 392 g/mol. The summed E-state index contributed by atoms with van der Waals surface area (Å²) in [5.41, 5.74) is 6.71. The van der Waals surface area contributed by atoms with Gasteiger partial charge in [0.1, 0.15) is 5.82 Å². The van der Waals surface area contributed by atoms with Crippen LogP contribution in [0.1, 0.15) is 29.9 Å². The van der Waals surface area contributed by atoms with Gasteiger partial charge in [0.2, 0.25) is 0 Å². The fourth-order valence-corrected chi connectivity index (χ4v) is 2.66. The van der Waals surface area contributed by atoms with E-state index in [2.05, 4.69) is 15.2 Å². The second-order valence-electron chi connectivity index (χ2n) is 5.94. The lowest BCUT2D eigenvalue weighted by molar-refractivity contribution is -0.137. The number of nitrogens with zero attached hydrogens (tertiary/aromatic N) is 2. The van der Waals surface area contributed by atoms with E-state index in [-0.39, 0.29) is 5.82 Å². The molecule has 0 spiro atoms. The average Bonchev–Trinajstić information content (AvgIpc) is 3.17. The zero-order valence-corrected chi connectivity index (χ0v) is 15.2. The molecule has 28 heavy (non-hydrogen) atoms. The highest BCUT2D eigenvalue weighted by Crippen LogP contribution is 2.32. The Morgan fingerprint density at radius 3 is 2.43 bits per heavy atom. The third kappa shape index (κ3) is 4.09. The number of aromatic nitrogens is 3. The molecule has 9 heteroatoms. The molecule has 0 fully saturated rings. The second-order valence-corrected chi connectivity index (χ2v) is 5.94. The van der Waals surface area contributed by atoms with Crippen LogP contribution in [-0.4, -0.2) is 28.9 Å². The number of H-pyrrole nitrogens is 1. The molecule has 3 N–H and O–H groups in total. The molecule has 1 aromatic heterocycles. The normalized spacial score (nSPS) is 12.6. The minimum absolute atomic E-state index is 0.262. The summed E-state index contributed by atoms with van der Waals surface area (Å²) >= 11 is 0. The monoisotopic (exact) mass is 392 g/mol. The van der Waals surface area contributed by atoms with Crippen LogP contribution in [-0.2, 0) is 6.18 Å². The molecule has 0 aliphatic heterocycles. The van der Waals surface area contributed by atoms with Gasteiger partial charge in [0.05, 0.1) is 25.3 Å². The number of aromatic amines is 1. The van der Waals surface area contributed by atoms with Crippen molar-refractivity contribution in [2.45, 2.75) is 19.1 Å². The van der Waals surface area contributed by atoms with Gasteiger partial charge in [-0.1, -0.05) is 18.2 Å². The fraction of sp³-hybridized carbons (Fsp3) is 0.263. The molecule has 0 radical (unpaired) electrons. The summed E-state index contributed by atoms with van der Waals surface area (Å²) < 4.78 is 48.9. The van der Waals surface area contributed by atoms with Crippen LogP contribution in [0.5, 0.6) is 11.5 Å². The number of alkyl halides is 3. The van der Waals surface area contributed by atoms with Gasteiger partial charge < -0.3 is 15.2 Å². The van der Waals surface area contributed by atoms with Gasteiger partial charge in [0.25, 0.3) is 0 Å². The first-order valence-corrected chi connectivity index (χ1v) is 8.49. The van der Waals surface area contributed by atoms with Gasteiger partial charge >= 0.3 is 6.18 Å². The van der Waals surface area contributed by atoms with E-state index >= 15 is 0 Å². The lowest BCUT2D eigenvalue weighted by Gasteiger charge is -2.14. The number of benzene rings is 2. The third-order valence-electron chi connectivity index (χ3n) is 4.11. The van der Waals surface area contributed by atoms with Crippen LogP contribution in [0.4, 0.5) is 13.2 Å². The summed E-state index contributed by atoms with van der Waals surface area (Å²) in [5.74, 6) is 1.78. The number of hydrogen-bond donors (Lipinski definition) is 2. The molecule has 0 aliphatic rings. The maximum atomic E-state index is 12.7. The molecule has 2 aromatic carbocycles. The van der Waals surface area contributed by atoms with Crippen LogP contribution in [0.15, 0.2) is 42.5 Å². The lowest BCUT2D eigenvalue weighted by atomic mass is 10.1. The number of ether oxygens (including phenoxy) is 2. The second kappa shape index (κ2) is 7.89. The van der Waals surface area contributed by atoms with Crippen molar-refractivity contribution in [1.29, 1.82) is 0 Å². The molecule has 3 rings (SSSR count). The minimum Gasteiger partial charge on any atom is -0.493 e. The Bertz CT molecular complexity index is 939. The predicted molar refractivity (Wildman–Crippen MR) is 97.0 cm³/mol. The van der Waals surface area contributed by atoms with E-state index in [1.54, 1.807) is 25.3 Å². The number of methoxy groups -OCH3 is 1. The van der Waals surface area contributed by atoms with Gasteiger partial charge in [-0.2, -0.15) is 18.3 Å². The van der Waals surface area contributed by atoms with E-state index in [0.717, 1.165) is 17.7 Å². The smallest absolute Gasteiger partial charge is 0.416 e. The summed E-state index contributed by atoms with van der Waals surface area (Å²) in [4.78, 5) is 4.32. The summed E-state index contributed by atoms with van der Waals surface area (Å²) in [6.45, 7) is 2.33. The number of hydrogen-bond acceptors (Lipinski definition) is 5. The Kier molecular flexibility index (Phi) is 5.55.